The summed E-state index contributed by atoms with van der Waals surface area (Å²) in [6.45, 7) is 9.59. The third-order valence-electron chi connectivity index (χ3n) is 4.55. The lowest BCUT2D eigenvalue weighted by atomic mass is 9.87. The van der Waals surface area contributed by atoms with E-state index in [2.05, 4.69) is 26.1 Å². The molecule has 0 radical (unpaired) electrons. The fourth-order valence-electron chi connectivity index (χ4n) is 2.86. The van der Waals surface area contributed by atoms with E-state index in [1.165, 1.54) is 12.5 Å². The van der Waals surface area contributed by atoms with E-state index in [1.54, 1.807) is 19.1 Å². The van der Waals surface area contributed by atoms with Crippen molar-refractivity contribution in [3.05, 3.63) is 47.5 Å². The number of benzene rings is 2. The predicted molar refractivity (Wildman–Crippen MR) is 106 cm³/mol. The number of anilines is 1. The third-order valence-corrected chi connectivity index (χ3v) is 4.55. The van der Waals surface area contributed by atoms with Crippen molar-refractivity contribution in [2.75, 3.05) is 12.1 Å². The molecule has 6 heteroatoms. The summed E-state index contributed by atoms with van der Waals surface area (Å²) >= 11 is 0. The Balaban J connectivity index is 1.72. The number of ether oxygens (including phenoxy) is 3. The monoisotopic (exact) mass is 383 g/mol. The van der Waals surface area contributed by atoms with Crippen LogP contribution in [0.1, 0.15) is 50.5 Å². The summed E-state index contributed by atoms with van der Waals surface area (Å²) < 4.78 is 16.4. The molecule has 148 valence electrons. The first-order chi connectivity index (χ1) is 13.1. The van der Waals surface area contributed by atoms with E-state index in [-0.39, 0.29) is 23.9 Å². The number of hydrogen-bond donors (Lipinski definition) is 1. The maximum absolute atomic E-state index is 12.6. The van der Waals surface area contributed by atoms with E-state index in [4.69, 9.17) is 14.2 Å². The van der Waals surface area contributed by atoms with Crippen molar-refractivity contribution < 1.29 is 23.8 Å². The Hall–Kier alpha value is -3.02. The number of ketones is 1. The molecule has 3 rings (SSSR count). The lowest BCUT2D eigenvalue weighted by Gasteiger charge is -2.20. The summed E-state index contributed by atoms with van der Waals surface area (Å²) in [4.78, 5) is 24.5. The van der Waals surface area contributed by atoms with Gasteiger partial charge in [0.1, 0.15) is 5.75 Å². The Labute approximate surface area is 164 Å². The summed E-state index contributed by atoms with van der Waals surface area (Å²) in [5, 5.41) is 2.76. The average Bonchev–Trinajstić information content (AvgIpc) is 3.07. The molecule has 0 bridgehead atoms. The number of amides is 1. The minimum Gasteiger partial charge on any atom is -0.481 e. The van der Waals surface area contributed by atoms with Gasteiger partial charge in [-0.2, -0.15) is 0 Å². The molecule has 1 heterocycles. The first-order valence-electron chi connectivity index (χ1n) is 9.18. The Morgan fingerprint density at radius 1 is 1.07 bits per heavy atom. The zero-order valence-corrected chi connectivity index (χ0v) is 16.8. The van der Waals surface area contributed by atoms with Crippen molar-refractivity contribution in [2.45, 2.75) is 46.1 Å². The average molecular weight is 383 g/mol. The molecule has 1 unspecified atom stereocenters. The van der Waals surface area contributed by atoms with Gasteiger partial charge in [-0.1, -0.05) is 32.9 Å². The number of carbonyl (C=O) groups is 2. The van der Waals surface area contributed by atoms with Crippen LogP contribution >= 0.6 is 0 Å². The van der Waals surface area contributed by atoms with Crippen molar-refractivity contribution in [2.24, 2.45) is 0 Å². The van der Waals surface area contributed by atoms with E-state index in [0.717, 1.165) is 0 Å². The Bertz CT molecular complexity index is 896. The largest absolute Gasteiger partial charge is 0.481 e. The van der Waals surface area contributed by atoms with Gasteiger partial charge in [-0.05, 0) is 43.0 Å². The summed E-state index contributed by atoms with van der Waals surface area (Å²) in [7, 11) is 0. The number of fused-ring (bicyclic) bond motifs is 1. The van der Waals surface area contributed by atoms with Gasteiger partial charge in [0.15, 0.2) is 23.4 Å². The molecule has 0 aliphatic carbocycles. The van der Waals surface area contributed by atoms with Crippen LogP contribution in [0.3, 0.4) is 0 Å². The van der Waals surface area contributed by atoms with Crippen LogP contribution in [-0.2, 0) is 10.2 Å². The van der Waals surface area contributed by atoms with Gasteiger partial charge in [-0.25, -0.2) is 0 Å². The lowest BCUT2D eigenvalue weighted by molar-refractivity contribution is -0.122. The Morgan fingerprint density at radius 2 is 1.68 bits per heavy atom. The van der Waals surface area contributed by atoms with E-state index in [0.29, 0.717) is 28.5 Å². The molecule has 6 nitrogen and oxygen atoms in total. The maximum Gasteiger partial charge on any atom is 0.265 e. The number of rotatable bonds is 5. The van der Waals surface area contributed by atoms with E-state index < -0.39 is 6.10 Å². The molecule has 1 amide bonds. The molecule has 1 atom stereocenters. The van der Waals surface area contributed by atoms with Crippen LogP contribution in [0.15, 0.2) is 36.4 Å². The van der Waals surface area contributed by atoms with Gasteiger partial charge >= 0.3 is 0 Å². The molecule has 1 aliphatic rings. The molecule has 2 aromatic rings. The zero-order chi connectivity index (χ0) is 20.5. The second kappa shape index (κ2) is 7.54. The maximum atomic E-state index is 12.6. The second-order valence-electron chi connectivity index (χ2n) is 7.83. The van der Waals surface area contributed by atoms with E-state index in [1.807, 2.05) is 24.3 Å². The van der Waals surface area contributed by atoms with Crippen molar-refractivity contribution >= 4 is 17.4 Å². The molecular formula is C22H25NO5. The van der Waals surface area contributed by atoms with Crippen molar-refractivity contribution in [1.29, 1.82) is 0 Å². The van der Waals surface area contributed by atoms with Gasteiger partial charge in [-0.15, -0.1) is 0 Å². The number of carbonyl (C=O) groups excluding carboxylic acids is 2. The molecule has 28 heavy (non-hydrogen) atoms. The van der Waals surface area contributed by atoms with E-state index >= 15 is 0 Å². The van der Waals surface area contributed by atoms with Gasteiger partial charge in [0.2, 0.25) is 6.79 Å². The van der Waals surface area contributed by atoms with Crippen LogP contribution in [0.25, 0.3) is 0 Å². The third kappa shape index (κ3) is 4.27. The molecule has 0 saturated carbocycles. The van der Waals surface area contributed by atoms with Gasteiger partial charge in [0, 0.05) is 11.6 Å². The highest BCUT2D eigenvalue weighted by Crippen LogP contribution is 2.37. The van der Waals surface area contributed by atoms with Crippen molar-refractivity contribution in [1.82, 2.24) is 0 Å². The smallest absolute Gasteiger partial charge is 0.265 e. The minimum atomic E-state index is -0.745. The van der Waals surface area contributed by atoms with Crippen LogP contribution in [0.4, 0.5) is 5.69 Å². The van der Waals surface area contributed by atoms with Gasteiger partial charge in [0.05, 0.1) is 5.69 Å². The number of nitrogens with one attached hydrogen (secondary N) is 1. The van der Waals surface area contributed by atoms with E-state index in [9.17, 15) is 9.59 Å². The van der Waals surface area contributed by atoms with Crippen molar-refractivity contribution in [3.63, 3.8) is 0 Å². The Kier molecular flexibility index (Phi) is 5.31. The zero-order valence-electron chi connectivity index (χ0n) is 16.8. The first-order valence-corrected chi connectivity index (χ1v) is 9.18. The molecular weight excluding hydrogens is 358 g/mol. The predicted octanol–water partition coefficient (Wildman–Crippen LogP) is 4.32. The highest BCUT2D eigenvalue weighted by atomic mass is 16.7. The molecule has 2 aromatic carbocycles. The molecule has 0 aromatic heterocycles. The summed E-state index contributed by atoms with van der Waals surface area (Å²) in [5.41, 5.74) is 1.97. The highest BCUT2D eigenvalue weighted by molar-refractivity contribution is 6.05. The van der Waals surface area contributed by atoms with Crippen LogP contribution in [0.5, 0.6) is 17.2 Å². The molecule has 1 N–H and O–H groups in total. The van der Waals surface area contributed by atoms with Crippen LogP contribution in [0.2, 0.25) is 0 Å². The summed E-state index contributed by atoms with van der Waals surface area (Å²) in [6, 6.07) is 10.9. The summed E-state index contributed by atoms with van der Waals surface area (Å²) in [6.07, 6.45) is -0.745. The van der Waals surface area contributed by atoms with Crippen LogP contribution < -0.4 is 19.5 Å². The normalized spacial score (nSPS) is 13.8. The Morgan fingerprint density at radius 3 is 2.25 bits per heavy atom. The molecule has 0 fully saturated rings. The fraction of sp³-hybridized carbons (Fsp3) is 0.364. The molecule has 0 spiro atoms. The number of hydrogen-bond acceptors (Lipinski definition) is 5. The van der Waals surface area contributed by atoms with Gasteiger partial charge in [-0.3, -0.25) is 9.59 Å². The number of Topliss-reactive ketones (excluding diaryl/α,β-unsaturated/α-hetero) is 1. The quantitative estimate of drug-likeness (QED) is 0.779. The van der Waals surface area contributed by atoms with Crippen molar-refractivity contribution in [3.8, 4) is 17.2 Å². The topological polar surface area (TPSA) is 73.9 Å². The standard InChI is InChI=1S/C22H25NO5/c1-13(24)17-10-19-20(27-12-26-19)11-18(17)23-21(25)14(2)28-16-8-6-15(7-9-16)22(3,4)5/h6-11,14H,12H2,1-5H3,(H,23,25). The highest BCUT2D eigenvalue weighted by Gasteiger charge is 2.23. The first kappa shape index (κ1) is 19.7. The fourth-order valence-corrected chi connectivity index (χ4v) is 2.86. The lowest BCUT2D eigenvalue weighted by Crippen LogP contribution is -2.30. The van der Waals surface area contributed by atoms with Gasteiger partial charge < -0.3 is 19.5 Å². The van der Waals surface area contributed by atoms with Crippen LogP contribution in [0, 0.1) is 0 Å². The second-order valence-corrected chi connectivity index (χ2v) is 7.83. The summed E-state index contributed by atoms with van der Waals surface area (Å²) in [5.74, 6) is 1.05. The van der Waals surface area contributed by atoms with Crippen LogP contribution in [-0.4, -0.2) is 24.6 Å². The minimum absolute atomic E-state index is 0.0456. The molecule has 1 aliphatic heterocycles. The molecule has 0 saturated heterocycles. The van der Waals surface area contributed by atoms with Gasteiger partial charge in [0.25, 0.3) is 5.91 Å². The SMILES string of the molecule is CC(=O)c1cc2c(cc1NC(=O)C(C)Oc1ccc(C(C)(C)C)cc1)OCO2.